The normalized spacial score (nSPS) is 14.1. The second-order valence-corrected chi connectivity index (χ2v) is 5.84. The van der Waals surface area contributed by atoms with Crippen LogP contribution in [0.2, 0.25) is 0 Å². The number of carbonyl (C=O) groups is 1. The molecule has 0 aromatic carbocycles. The SMILES string of the molecule is CCNC(=NCC(C)(O)c1ccc(C)o1)NCCCCC(=O)OC. The third-order valence-electron chi connectivity index (χ3n) is 3.49. The van der Waals surface area contributed by atoms with E-state index in [1.54, 1.807) is 13.0 Å². The van der Waals surface area contributed by atoms with E-state index in [4.69, 9.17) is 4.42 Å². The van der Waals surface area contributed by atoms with E-state index in [-0.39, 0.29) is 12.5 Å². The molecule has 7 nitrogen and oxygen atoms in total. The first-order valence-electron chi connectivity index (χ1n) is 8.27. The van der Waals surface area contributed by atoms with Crippen molar-refractivity contribution < 1.29 is 19.1 Å². The number of aliphatic hydroxyl groups is 1. The number of furan rings is 1. The summed E-state index contributed by atoms with van der Waals surface area (Å²) in [5.74, 6) is 1.68. The minimum absolute atomic E-state index is 0.178. The fraction of sp³-hybridized carbons (Fsp3) is 0.647. The van der Waals surface area contributed by atoms with Gasteiger partial charge in [0.05, 0.1) is 13.7 Å². The molecule has 0 amide bonds. The highest BCUT2D eigenvalue weighted by Crippen LogP contribution is 2.22. The molecule has 1 aromatic rings. The van der Waals surface area contributed by atoms with E-state index in [9.17, 15) is 9.90 Å². The summed E-state index contributed by atoms with van der Waals surface area (Å²) in [6.07, 6.45) is 1.99. The van der Waals surface area contributed by atoms with E-state index in [1.807, 2.05) is 19.9 Å². The van der Waals surface area contributed by atoms with Gasteiger partial charge in [-0.15, -0.1) is 0 Å². The summed E-state index contributed by atoms with van der Waals surface area (Å²) in [4.78, 5) is 15.5. The Hall–Kier alpha value is -2.02. The van der Waals surface area contributed by atoms with Crippen LogP contribution in [0.5, 0.6) is 0 Å². The molecule has 0 saturated carbocycles. The fourth-order valence-electron chi connectivity index (χ4n) is 2.08. The first-order valence-corrected chi connectivity index (χ1v) is 8.27. The molecule has 0 bridgehead atoms. The molecule has 1 heterocycles. The standard InChI is InChI=1S/C17H29N3O4/c1-5-18-16(19-11-7-6-8-15(21)23-4)20-12-17(3,22)14-10-9-13(2)24-14/h9-10,22H,5-8,11-12H2,1-4H3,(H2,18,19,20). The van der Waals surface area contributed by atoms with Crippen molar-refractivity contribution in [1.82, 2.24) is 10.6 Å². The molecule has 24 heavy (non-hydrogen) atoms. The number of nitrogens with zero attached hydrogens (tertiary/aromatic N) is 1. The van der Waals surface area contributed by atoms with Gasteiger partial charge in [0.2, 0.25) is 0 Å². The van der Waals surface area contributed by atoms with E-state index < -0.39 is 5.60 Å². The maximum atomic E-state index is 11.0. The highest BCUT2D eigenvalue weighted by Gasteiger charge is 2.26. The number of carbonyl (C=O) groups excluding carboxylic acids is 1. The smallest absolute Gasteiger partial charge is 0.305 e. The topological polar surface area (TPSA) is 96.1 Å². The minimum atomic E-state index is -1.17. The van der Waals surface area contributed by atoms with Crippen LogP contribution in [0.4, 0.5) is 0 Å². The van der Waals surface area contributed by atoms with Crippen LogP contribution < -0.4 is 10.6 Å². The van der Waals surface area contributed by atoms with Crippen LogP contribution in [0.1, 0.15) is 44.6 Å². The summed E-state index contributed by atoms with van der Waals surface area (Å²) in [6, 6.07) is 3.58. The molecular formula is C17H29N3O4. The number of methoxy groups -OCH3 is 1. The molecule has 0 aliphatic rings. The van der Waals surface area contributed by atoms with Crippen molar-refractivity contribution in [1.29, 1.82) is 0 Å². The Morgan fingerprint density at radius 3 is 2.71 bits per heavy atom. The zero-order valence-corrected chi connectivity index (χ0v) is 15.0. The number of aliphatic imine (C=N–C) groups is 1. The predicted octanol–water partition coefficient (Wildman–Crippen LogP) is 1.69. The van der Waals surface area contributed by atoms with Gasteiger partial charge >= 0.3 is 5.97 Å². The first kappa shape index (κ1) is 20.0. The maximum absolute atomic E-state index is 11.0. The quantitative estimate of drug-likeness (QED) is 0.274. The fourth-order valence-corrected chi connectivity index (χ4v) is 2.08. The van der Waals surface area contributed by atoms with Crippen molar-refractivity contribution in [2.45, 2.75) is 45.6 Å². The summed E-state index contributed by atoms with van der Waals surface area (Å²) in [7, 11) is 1.39. The molecule has 0 radical (unpaired) electrons. The van der Waals surface area contributed by atoms with E-state index in [0.717, 1.165) is 25.1 Å². The molecule has 1 unspecified atom stereocenters. The Labute approximate surface area is 143 Å². The van der Waals surface area contributed by atoms with Crippen LogP contribution in [0.25, 0.3) is 0 Å². The molecule has 0 saturated heterocycles. The molecule has 136 valence electrons. The summed E-state index contributed by atoms with van der Waals surface area (Å²) < 4.78 is 10.1. The van der Waals surface area contributed by atoms with Crippen LogP contribution in [-0.4, -0.2) is 43.8 Å². The molecule has 1 rings (SSSR count). The number of hydrogen-bond donors (Lipinski definition) is 3. The maximum Gasteiger partial charge on any atom is 0.305 e. The lowest BCUT2D eigenvalue weighted by atomic mass is 10.0. The Balaban J connectivity index is 2.48. The zero-order valence-electron chi connectivity index (χ0n) is 15.0. The van der Waals surface area contributed by atoms with Gasteiger partial charge in [-0.3, -0.25) is 4.79 Å². The minimum Gasteiger partial charge on any atom is -0.469 e. The van der Waals surface area contributed by atoms with Crippen LogP contribution in [0.3, 0.4) is 0 Å². The second-order valence-electron chi connectivity index (χ2n) is 5.84. The lowest BCUT2D eigenvalue weighted by molar-refractivity contribution is -0.140. The van der Waals surface area contributed by atoms with Gasteiger partial charge in [0, 0.05) is 19.5 Å². The molecule has 0 fully saturated rings. The highest BCUT2D eigenvalue weighted by atomic mass is 16.5. The van der Waals surface area contributed by atoms with Crippen molar-refractivity contribution in [2.75, 3.05) is 26.7 Å². The van der Waals surface area contributed by atoms with Gasteiger partial charge in [-0.05, 0) is 45.7 Å². The zero-order chi connectivity index (χ0) is 18.0. The number of rotatable bonds is 9. The van der Waals surface area contributed by atoms with Crippen molar-refractivity contribution in [3.8, 4) is 0 Å². The highest BCUT2D eigenvalue weighted by molar-refractivity contribution is 5.79. The summed E-state index contributed by atoms with van der Waals surface area (Å²) in [6.45, 7) is 7.07. The van der Waals surface area contributed by atoms with Crippen molar-refractivity contribution in [3.05, 3.63) is 23.7 Å². The predicted molar refractivity (Wildman–Crippen MR) is 92.9 cm³/mol. The number of aryl methyl sites for hydroxylation is 1. The summed E-state index contributed by atoms with van der Waals surface area (Å²) in [5, 5.41) is 16.8. The second kappa shape index (κ2) is 9.97. The Bertz CT molecular complexity index is 538. The van der Waals surface area contributed by atoms with Crippen molar-refractivity contribution >= 4 is 11.9 Å². The average Bonchev–Trinajstić information content (AvgIpc) is 2.99. The van der Waals surface area contributed by atoms with Gasteiger partial charge < -0.3 is 24.9 Å². The molecule has 0 spiro atoms. The molecular weight excluding hydrogens is 310 g/mol. The van der Waals surface area contributed by atoms with Crippen molar-refractivity contribution in [3.63, 3.8) is 0 Å². The molecule has 7 heteroatoms. The molecule has 1 aromatic heterocycles. The van der Waals surface area contributed by atoms with Gasteiger partial charge in [0.25, 0.3) is 0 Å². The number of ether oxygens (including phenoxy) is 1. The van der Waals surface area contributed by atoms with Crippen LogP contribution >= 0.6 is 0 Å². The van der Waals surface area contributed by atoms with Crippen LogP contribution in [0.15, 0.2) is 21.5 Å². The lowest BCUT2D eigenvalue weighted by Gasteiger charge is -2.19. The van der Waals surface area contributed by atoms with E-state index in [1.165, 1.54) is 7.11 Å². The van der Waals surface area contributed by atoms with Gasteiger partial charge in [-0.25, -0.2) is 4.99 Å². The monoisotopic (exact) mass is 339 g/mol. The number of guanidine groups is 1. The van der Waals surface area contributed by atoms with Crippen LogP contribution in [0, 0.1) is 6.92 Å². The summed E-state index contributed by atoms with van der Waals surface area (Å²) >= 11 is 0. The molecule has 3 N–H and O–H groups in total. The first-order chi connectivity index (χ1) is 11.4. The van der Waals surface area contributed by atoms with Crippen molar-refractivity contribution in [2.24, 2.45) is 4.99 Å². The van der Waals surface area contributed by atoms with E-state index in [2.05, 4.69) is 20.4 Å². The van der Waals surface area contributed by atoms with E-state index >= 15 is 0 Å². The molecule has 0 aliphatic carbocycles. The van der Waals surface area contributed by atoms with Gasteiger partial charge in [-0.2, -0.15) is 0 Å². The Kier molecular flexibility index (Phi) is 8.32. The third-order valence-corrected chi connectivity index (χ3v) is 3.49. The van der Waals surface area contributed by atoms with E-state index in [0.29, 0.717) is 24.7 Å². The average molecular weight is 339 g/mol. The van der Waals surface area contributed by atoms with Gasteiger partial charge in [-0.1, -0.05) is 0 Å². The Morgan fingerprint density at radius 2 is 2.12 bits per heavy atom. The number of esters is 1. The Morgan fingerprint density at radius 1 is 1.38 bits per heavy atom. The molecule has 0 aliphatic heterocycles. The number of hydrogen-bond acceptors (Lipinski definition) is 5. The van der Waals surface area contributed by atoms with Gasteiger partial charge in [0.1, 0.15) is 17.1 Å². The van der Waals surface area contributed by atoms with Gasteiger partial charge in [0.15, 0.2) is 5.96 Å². The third kappa shape index (κ3) is 7.04. The lowest BCUT2D eigenvalue weighted by Crippen LogP contribution is -2.39. The summed E-state index contributed by atoms with van der Waals surface area (Å²) in [5.41, 5.74) is -1.17. The molecule has 1 atom stereocenters. The van der Waals surface area contributed by atoms with Crippen LogP contribution in [-0.2, 0) is 15.1 Å². The number of nitrogens with one attached hydrogen (secondary N) is 2. The largest absolute Gasteiger partial charge is 0.469 e. The number of unbranched alkanes of at least 4 members (excludes halogenated alkanes) is 1.